The van der Waals surface area contributed by atoms with Crippen LogP contribution in [0.1, 0.15) is 40.0 Å². The number of fused-ring (bicyclic) bond motifs is 3. The predicted molar refractivity (Wildman–Crippen MR) is 91.6 cm³/mol. The average molecular weight is 340 g/mol. The Kier molecular flexibility index (Phi) is 2.77. The summed E-state index contributed by atoms with van der Waals surface area (Å²) in [5.74, 6) is 0.605. The van der Waals surface area contributed by atoms with Crippen molar-refractivity contribution >= 4 is 11.6 Å². The smallest absolute Gasteiger partial charge is 0.178 e. The number of rotatable bonds is 1. The summed E-state index contributed by atoms with van der Waals surface area (Å²) >= 11 is 0. The number of allylic oxidation sites excluding steroid dienone is 4. The molecule has 0 aromatic heterocycles. The first-order valence-electron chi connectivity index (χ1n) is 9.27. The van der Waals surface area contributed by atoms with E-state index in [-0.39, 0.29) is 34.6 Å². The summed E-state index contributed by atoms with van der Waals surface area (Å²) in [7, 11) is 0. The van der Waals surface area contributed by atoms with Crippen LogP contribution in [0.15, 0.2) is 35.5 Å². The Balaban J connectivity index is 1.62. The van der Waals surface area contributed by atoms with Gasteiger partial charge < -0.3 is 9.84 Å². The maximum atomic E-state index is 12.2. The zero-order valence-corrected chi connectivity index (χ0v) is 14.9. The van der Waals surface area contributed by atoms with Crippen molar-refractivity contribution in [2.24, 2.45) is 22.7 Å². The van der Waals surface area contributed by atoms with Gasteiger partial charge in [0.25, 0.3) is 0 Å². The molecule has 25 heavy (non-hydrogen) atoms. The van der Waals surface area contributed by atoms with Gasteiger partial charge >= 0.3 is 0 Å². The lowest BCUT2D eigenvalue weighted by molar-refractivity contribution is -0.116. The molecule has 0 aromatic rings. The van der Waals surface area contributed by atoms with Gasteiger partial charge in [-0.1, -0.05) is 19.1 Å². The van der Waals surface area contributed by atoms with E-state index in [9.17, 15) is 14.7 Å². The van der Waals surface area contributed by atoms with E-state index in [0.29, 0.717) is 12.3 Å². The van der Waals surface area contributed by atoms with Crippen molar-refractivity contribution in [1.82, 2.24) is 0 Å². The molecule has 0 radical (unpaired) electrons. The van der Waals surface area contributed by atoms with E-state index in [4.69, 9.17) is 4.74 Å². The molecule has 5 rings (SSSR count). The van der Waals surface area contributed by atoms with Crippen LogP contribution < -0.4 is 0 Å². The van der Waals surface area contributed by atoms with E-state index >= 15 is 0 Å². The van der Waals surface area contributed by atoms with E-state index in [1.54, 1.807) is 19.1 Å². The predicted octanol–water partition coefficient (Wildman–Crippen LogP) is 2.52. The highest BCUT2D eigenvalue weighted by Crippen LogP contribution is 2.74. The molecule has 4 unspecified atom stereocenters. The summed E-state index contributed by atoms with van der Waals surface area (Å²) in [5.41, 5.74) is 0.817. The van der Waals surface area contributed by atoms with Crippen LogP contribution >= 0.6 is 0 Å². The van der Waals surface area contributed by atoms with Crippen molar-refractivity contribution in [3.8, 4) is 0 Å². The van der Waals surface area contributed by atoms with Gasteiger partial charge in [0.15, 0.2) is 11.6 Å². The summed E-state index contributed by atoms with van der Waals surface area (Å²) in [6.45, 7) is 5.96. The molecular weight excluding hydrogens is 316 g/mol. The Labute approximate surface area is 147 Å². The highest BCUT2D eigenvalue weighted by molar-refractivity contribution is 6.01. The van der Waals surface area contributed by atoms with E-state index < -0.39 is 11.5 Å². The van der Waals surface area contributed by atoms with Crippen LogP contribution in [0.4, 0.5) is 0 Å². The SMILES string of the molecule is CC(=O)C1=CCC2C3C[C@H](O)C4=CC(=O)C=C[C@]4(C)C34OC4C[C@]12C. The molecule has 4 nitrogen and oxygen atoms in total. The lowest BCUT2D eigenvalue weighted by atomic mass is 9.47. The molecule has 7 atom stereocenters. The van der Waals surface area contributed by atoms with Gasteiger partial charge in [-0.3, -0.25) is 9.59 Å². The van der Waals surface area contributed by atoms with Crippen molar-refractivity contribution < 1.29 is 19.4 Å². The van der Waals surface area contributed by atoms with Crippen molar-refractivity contribution in [2.45, 2.75) is 57.8 Å². The van der Waals surface area contributed by atoms with Gasteiger partial charge in [0.2, 0.25) is 0 Å². The van der Waals surface area contributed by atoms with Crippen LogP contribution in [0.2, 0.25) is 0 Å². The summed E-state index contributed by atoms with van der Waals surface area (Å²) in [6, 6.07) is 0. The van der Waals surface area contributed by atoms with Crippen LogP contribution in [-0.2, 0) is 14.3 Å². The fourth-order valence-corrected chi connectivity index (χ4v) is 6.80. The molecule has 0 aromatic carbocycles. The van der Waals surface area contributed by atoms with Gasteiger partial charge in [-0.05, 0) is 68.2 Å². The summed E-state index contributed by atoms with van der Waals surface area (Å²) in [4.78, 5) is 24.0. The third kappa shape index (κ3) is 1.61. The Morgan fingerprint density at radius 3 is 2.80 bits per heavy atom. The number of aliphatic hydroxyl groups excluding tert-OH is 1. The lowest BCUT2D eigenvalue weighted by Gasteiger charge is -2.55. The van der Waals surface area contributed by atoms with Crippen LogP contribution in [0.25, 0.3) is 0 Å². The molecular formula is C21H24O4. The standard InChI is InChI=1S/C21H24O4/c1-11(22)13-4-5-14-15-9-17(24)16-8-12(23)6-7-20(16,3)21(15)18(25-21)10-19(13,14)2/h4,6-8,14-15,17-18,24H,5,9-10H2,1-3H3/t14?,15?,17-,18?,19+,20-,21?/m0/s1. The van der Waals surface area contributed by atoms with Gasteiger partial charge in [0.1, 0.15) is 5.60 Å². The lowest BCUT2D eigenvalue weighted by Crippen LogP contribution is -2.59. The number of aliphatic hydroxyl groups is 1. The highest BCUT2D eigenvalue weighted by Gasteiger charge is 2.79. The largest absolute Gasteiger partial charge is 0.389 e. The summed E-state index contributed by atoms with van der Waals surface area (Å²) in [5, 5.41) is 10.8. The molecule has 1 saturated heterocycles. The van der Waals surface area contributed by atoms with E-state index in [1.165, 1.54) is 0 Å². The number of carbonyl (C=O) groups is 2. The number of epoxide rings is 1. The maximum absolute atomic E-state index is 12.2. The number of hydrogen-bond acceptors (Lipinski definition) is 4. The molecule has 5 aliphatic rings. The second kappa shape index (κ2) is 4.41. The monoisotopic (exact) mass is 340 g/mol. The highest BCUT2D eigenvalue weighted by atomic mass is 16.6. The molecule has 2 saturated carbocycles. The molecule has 1 spiro atoms. The van der Waals surface area contributed by atoms with Crippen molar-refractivity contribution in [3.05, 3.63) is 35.5 Å². The minimum absolute atomic E-state index is 0.0550. The molecule has 4 heteroatoms. The van der Waals surface area contributed by atoms with Crippen molar-refractivity contribution in [3.63, 3.8) is 0 Å². The summed E-state index contributed by atoms with van der Waals surface area (Å²) < 4.78 is 6.40. The minimum Gasteiger partial charge on any atom is -0.389 e. The third-order valence-electron chi connectivity index (χ3n) is 7.92. The maximum Gasteiger partial charge on any atom is 0.178 e. The third-order valence-corrected chi connectivity index (χ3v) is 7.92. The second-order valence-corrected chi connectivity index (χ2v) is 8.93. The molecule has 4 aliphatic carbocycles. The van der Waals surface area contributed by atoms with E-state index in [2.05, 4.69) is 19.9 Å². The Morgan fingerprint density at radius 1 is 1.32 bits per heavy atom. The Morgan fingerprint density at radius 2 is 2.08 bits per heavy atom. The molecule has 0 bridgehead atoms. The van der Waals surface area contributed by atoms with Crippen LogP contribution in [0.5, 0.6) is 0 Å². The minimum atomic E-state index is -0.622. The molecule has 1 aliphatic heterocycles. The second-order valence-electron chi connectivity index (χ2n) is 8.93. The first-order valence-corrected chi connectivity index (χ1v) is 9.27. The molecule has 1 heterocycles. The first kappa shape index (κ1) is 15.7. The van der Waals surface area contributed by atoms with Crippen molar-refractivity contribution in [1.29, 1.82) is 0 Å². The average Bonchev–Trinajstić information content (AvgIpc) is 3.15. The zero-order chi connectivity index (χ0) is 17.8. The van der Waals surface area contributed by atoms with Crippen LogP contribution in [-0.4, -0.2) is 34.5 Å². The molecule has 0 amide bonds. The first-order chi connectivity index (χ1) is 11.7. The van der Waals surface area contributed by atoms with Crippen LogP contribution in [0.3, 0.4) is 0 Å². The fourth-order valence-electron chi connectivity index (χ4n) is 6.80. The number of Topliss-reactive ketones (excluding diaryl/α,β-unsaturated/α-hetero) is 1. The topological polar surface area (TPSA) is 66.9 Å². The molecule has 132 valence electrons. The molecule has 3 fully saturated rings. The van der Waals surface area contributed by atoms with Gasteiger partial charge in [-0.25, -0.2) is 0 Å². The molecule has 1 N–H and O–H groups in total. The quantitative estimate of drug-likeness (QED) is 0.745. The fraction of sp³-hybridized carbons (Fsp3) is 0.619. The number of hydrogen-bond donors (Lipinski definition) is 1. The number of ether oxygens (including phenoxy) is 1. The van der Waals surface area contributed by atoms with Gasteiger partial charge in [-0.2, -0.15) is 0 Å². The Bertz CT molecular complexity index is 805. The van der Waals surface area contributed by atoms with E-state index in [1.807, 2.05) is 6.08 Å². The van der Waals surface area contributed by atoms with Gasteiger partial charge in [0.05, 0.1) is 12.2 Å². The van der Waals surface area contributed by atoms with Crippen molar-refractivity contribution in [2.75, 3.05) is 0 Å². The van der Waals surface area contributed by atoms with E-state index in [0.717, 1.165) is 24.0 Å². The zero-order valence-electron chi connectivity index (χ0n) is 14.9. The number of carbonyl (C=O) groups excluding carboxylic acids is 2. The van der Waals surface area contributed by atoms with Gasteiger partial charge in [-0.15, -0.1) is 0 Å². The van der Waals surface area contributed by atoms with Gasteiger partial charge in [0, 0.05) is 10.8 Å². The van der Waals surface area contributed by atoms with Crippen LogP contribution in [0, 0.1) is 22.7 Å². The Hall–Kier alpha value is -1.52. The normalized spacial score (nSPS) is 52.4. The number of ketones is 2. The summed E-state index contributed by atoms with van der Waals surface area (Å²) in [6.07, 6.45) is 9.09.